The summed E-state index contributed by atoms with van der Waals surface area (Å²) in [6, 6.07) is 2.85. The summed E-state index contributed by atoms with van der Waals surface area (Å²) in [5.74, 6) is 1.89. The molecule has 38 heavy (non-hydrogen) atoms. The van der Waals surface area contributed by atoms with Crippen LogP contribution in [0.2, 0.25) is 0 Å². The second kappa shape index (κ2) is 8.69. The number of amides is 1. The molecule has 5 fully saturated rings. The van der Waals surface area contributed by atoms with Crippen molar-refractivity contribution in [2.24, 2.45) is 17.8 Å². The number of piperazine rings is 1. The van der Waals surface area contributed by atoms with E-state index >= 15 is 0 Å². The molecule has 8 rings (SSSR count). The molecular formula is C28H33F4N5O. The molecule has 0 radical (unpaired) electrons. The Labute approximate surface area is 219 Å². The third kappa shape index (κ3) is 4.01. The Kier molecular flexibility index (Phi) is 5.59. The fraction of sp³-hybridized carbons (Fsp3) is 0.643. The van der Waals surface area contributed by atoms with Crippen LogP contribution in [-0.4, -0.2) is 63.4 Å². The van der Waals surface area contributed by atoms with E-state index in [2.05, 4.69) is 15.3 Å². The van der Waals surface area contributed by atoms with Crippen molar-refractivity contribution in [3.8, 4) is 0 Å². The lowest BCUT2D eigenvalue weighted by Crippen LogP contribution is -2.64. The van der Waals surface area contributed by atoms with Gasteiger partial charge in [0.2, 0.25) is 0 Å². The summed E-state index contributed by atoms with van der Waals surface area (Å²) in [6.07, 6.45) is 4.42. The molecule has 0 unspecified atom stereocenters. The number of carbonyl (C=O) groups excluding carboxylic acids is 1. The number of alkyl halides is 3. The van der Waals surface area contributed by atoms with Crippen LogP contribution < -0.4 is 5.32 Å². The fourth-order valence-corrected chi connectivity index (χ4v) is 8.64. The van der Waals surface area contributed by atoms with Crippen molar-refractivity contribution < 1.29 is 22.4 Å². The third-order valence-electron chi connectivity index (χ3n) is 9.98. The molecule has 204 valence electrons. The van der Waals surface area contributed by atoms with Crippen molar-refractivity contribution >= 4 is 11.7 Å². The minimum absolute atomic E-state index is 0.0846. The predicted molar refractivity (Wildman–Crippen MR) is 133 cm³/mol. The lowest BCUT2D eigenvalue weighted by atomic mass is 9.52. The largest absolute Gasteiger partial charge is 0.410 e. The first-order chi connectivity index (χ1) is 18.2. The van der Waals surface area contributed by atoms with Crippen LogP contribution in [0, 0.1) is 23.6 Å². The van der Waals surface area contributed by atoms with Crippen LogP contribution in [0.5, 0.6) is 0 Å². The van der Waals surface area contributed by atoms with E-state index in [9.17, 15) is 22.4 Å². The second-order valence-corrected chi connectivity index (χ2v) is 12.3. The van der Waals surface area contributed by atoms with Crippen molar-refractivity contribution in [2.75, 3.05) is 31.5 Å². The number of hydrogen-bond acceptors (Lipinski definition) is 4. The quantitative estimate of drug-likeness (QED) is 0.539. The zero-order valence-electron chi connectivity index (χ0n) is 21.3. The van der Waals surface area contributed by atoms with E-state index < -0.39 is 24.1 Å². The van der Waals surface area contributed by atoms with E-state index in [-0.39, 0.29) is 29.2 Å². The molecule has 10 heteroatoms. The van der Waals surface area contributed by atoms with Crippen molar-refractivity contribution in [2.45, 2.75) is 68.7 Å². The Bertz CT molecular complexity index is 1180. The molecule has 6 nitrogen and oxygen atoms in total. The molecule has 1 aromatic carbocycles. The maximum absolute atomic E-state index is 14.0. The smallest absolute Gasteiger partial charge is 0.363 e. The summed E-state index contributed by atoms with van der Waals surface area (Å²) >= 11 is 0. The Morgan fingerprint density at radius 2 is 1.53 bits per heavy atom. The monoisotopic (exact) mass is 531 g/mol. The number of nitrogens with one attached hydrogen (secondary N) is 1. The minimum atomic E-state index is -4.54. The van der Waals surface area contributed by atoms with Crippen LogP contribution in [0.1, 0.15) is 73.0 Å². The van der Waals surface area contributed by atoms with E-state index in [4.69, 9.17) is 0 Å². The van der Waals surface area contributed by atoms with Gasteiger partial charge in [-0.25, -0.2) is 9.07 Å². The maximum atomic E-state index is 14.0. The summed E-state index contributed by atoms with van der Waals surface area (Å²) in [7, 11) is 0. The SMILES string of the molecule is O=C(c1cnn2c1N[C@@H](c1ccc(F)cc1)C[C@H]2C(F)(F)F)N1CCN(C23CC4CC(CC(C4)C2)C3)CC1. The Morgan fingerprint density at radius 1 is 0.921 bits per heavy atom. The fourth-order valence-electron chi connectivity index (χ4n) is 8.64. The minimum Gasteiger partial charge on any atom is -0.363 e. The Morgan fingerprint density at radius 3 is 2.11 bits per heavy atom. The van der Waals surface area contributed by atoms with Gasteiger partial charge >= 0.3 is 6.18 Å². The van der Waals surface area contributed by atoms with Gasteiger partial charge in [-0.15, -0.1) is 0 Å². The molecule has 2 aromatic rings. The van der Waals surface area contributed by atoms with Crippen molar-refractivity contribution in [1.82, 2.24) is 19.6 Å². The molecule has 2 aliphatic heterocycles. The Hall–Kier alpha value is -2.62. The topological polar surface area (TPSA) is 53.4 Å². The van der Waals surface area contributed by atoms with Crippen molar-refractivity contribution in [3.05, 3.63) is 47.4 Å². The summed E-state index contributed by atoms with van der Waals surface area (Å²) in [5.41, 5.74) is 0.981. The van der Waals surface area contributed by atoms with Gasteiger partial charge in [-0.05, 0) is 74.0 Å². The van der Waals surface area contributed by atoms with E-state index in [1.165, 1.54) is 69.0 Å². The molecule has 2 atom stereocenters. The number of benzene rings is 1. The van der Waals surface area contributed by atoms with E-state index in [1.807, 2.05) is 0 Å². The summed E-state index contributed by atoms with van der Waals surface area (Å²) in [5, 5.41) is 7.14. The molecule has 0 spiro atoms. The first-order valence-corrected chi connectivity index (χ1v) is 13.9. The van der Waals surface area contributed by atoms with Crippen LogP contribution in [0.25, 0.3) is 0 Å². The van der Waals surface area contributed by atoms with Gasteiger partial charge in [0, 0.05) is 38.1 Å². The average Bonchev–Trinajstić information content (AvgIpc) is 3.31. The number of carbonyl (C=O) groups is 1. The number of aromatic nitrogens is 2. The van der Waals surface area contributed by atoms with Crippen LogP contribution >= 0.6 is 0 Å². The third-order valence-corrected chi connectivity index (χ3v) is 9.98. The standard InChI is InChI=1S/C28H33F4N5O/c29-21-3-1-20(2-4-21)23-12-24(28(30,31)32)37-25(34-23)22(16-33-37)26(38)35-5-7-36(8-6-35)27-13-17-9-18(14-27)11-19(10-17)15-27/h1-4,16-19,23-24,34H,5-15H2/t17?,18?,19?,23-,24+,27?/m1/s1. The lowest BCUT2D eigenvalue weighted by Gasteiger charge is -2.61. The van der Waals surface area contributed by atoms with E-state index in [0.717, 1.165) is 35.5 Å². The van der Waals surface area contributed by atoms with Gasteiger partial charge in [-0.1, -0.05) is 12.1 Å². The van der Waals surface area contributed by atoms with Crippen LogP contribution in [0.15, 0.2) is 30.5 Å². The number of rotatable bonds is 3. The number of nitrogens with zero attached hydrogens (tertiary/aromatic N) is 4. The van der Waals surface area contributed by atoms with Gasteiger partial charge in [-0.2, -0.15) is 18.3 Å². The lowest BCUT2D eigenvalue weighted by molar-refractivity contribution is -0.173. The van der Waals surface area contributed by atoms with Crippen LogP contribution in [0.3, 0.4) is 0 Å². The van der Waals surface area contributed by atoms with Gasteiger partial charge in [-0.3, -0.25) is 9.69 Å². The summed E-state index contributed by atoms with van der Waals surface area (Å²) < 4.78 is 56.5. The van der Waals surface area contributed by atoms with E-state index in [0.29, 0.717) is 18.7 Å². The zero-order chi connectivity index (χ0) is 26.2. The molecular weight excluding hydrogens is 498 g/mol. The molecule has 4 bridgehead atoms. The van der Waals surface area contributed by atoms with Gasteiger partial charge in [0.25, 0.3) is 5.91 Å². The molecule has 1 aromatic heterocycles. The van der Waals surface area contributed by atoms with Crippen molar-refractivity contribution in [3.63, 3.8) is 0 Å². The van der Waals surface area contributed by atoms with Crippen LogP contribution in [-0.2, 0) is 0 Å². The van der Waals surface area contributed by atoms with Gasteiger partial charge in [0.15, 0.2) is 6.04 Å². The average molecular weight is 532 g/mol. The molecule has 1 saturated heterocycles. The molecule has 1 amide bonds. The number of fused-ring (bicyclic) bond motifs is 1. The highest BCUT2D eigenvalue weighted by Crippen LogP contribution is 2.58. The highest BCUT2D eigenvalue weighted by Gasteiger charge is 2.54. The maximum Gasteiger partial charge on any atom is 0.410 e. The van der Waals surface area contributed by atoms with E-state index in [1.54, 1.807) is 4.90 Å². The van der Waals surface area contributed by atoms with Crippen molar-refractivity contribution in [1.29, 1.82) is 0 Å². The molecule has 4 saturated carbocycles. The predicted octanol–water partition coefficient (Wildman–Crippen LogP) is 5.41. The zero-order valence-corrected chi connectivity index (χ0v) is 21.3. The molecule has 4 aliphatic carbocycles. The highest BCUT2D eigenvalue weighted by molar-refractivity contribution is 5.99. The first kappa shape index (κ1) is 24.4. The van der Waals surface area contributed by atoms with Gasteiger partial charge < -0.3 is 10.2 Å². The second-order valence-electron chi connectivity index (χ2n) is 12.3. The number of hydrogen-bond donors (Lipinski definition) is 1. The van der Waals surface area contributed by atoms with Gasteiger partial charge in [0.05, 0.1) is 12.2 Å². The first-order valence-electron chi connectivity index (χ1n) is 13.9. The molecule has 1 N–H and O–H groups in total. The molecule has 3 heterocycles. The summed E-state index contributed by atoms with van der Waals surface area (Å²) in [6.45, 7) is 2.74. The summed E-state index contributed by atoms with van der Waals surface area (Å²) in [4.78, 5) is 18.0. The number of halogens is 4. The highest BCUT2D eigenvalue weighted by atomic mass is 19.4. The van der Waals surface area contributed by atoms with Gasteiger partial charge in [0.1, 0.15) is 17.2 Å². The number of anilines is 1. The Balaban J connectivity index is 1.10. The molecule has 6 aliphatic rings. The van der Waals surface area contributed by atoms with Crippen LogP contribution in [0.4, 0.5) is 23.4 Å². The normalized spacial score (nSPS) is 34.7.